The highest BCUT2D eigenvalue weighted by Crippen LogP contribution is 2.04. The van der Waals surface area contributed by atoms with Crippen LogP contribution in [0.15, 0.2) is 0 Å². The van der Waals surface area contributed by atoms with Gasteiger partial charge in [-0.1, -0.05) is 20.3 Å². The van der Waals surface area contributed by atoms with Crippen molar-refractivity contribution in [2.75, 3.05) is 20.1 Å². The molecule has 0 spiro atoms. The second-order valence-electron chi connectivity index (χ2n) is 3.54. The van der Waals surface area contributed by atoms with Crippen LogP contribution in [0.25, 0.3) is 0 Å². The molecule has 2 N–H and O–H groups in total. The zero-order valence-electron chi connectivity index (χ0n) is 8.30. The van der Waals surface area contributed by atoms with Crippen molar-refractivity contribution in [3.05, 3.63) is 0 Å². The van der Waals surface area contributed by atoms with E-state index in [2.05, 4.69) is 32.7 Å². The summed E-state index contributed by atoms with van der Waals surface area (Å²) in [7, 11) is 2.14. The topological polar surface area (TPSA) is 29.3 Å². The molecule has 0 bridgehead atoms. The second-order valence-corrected chi connectivity index (χ2v) is 3.54. The fourth-order valence-corrected chi connectivity index (χ4v) is 0.981. The van der Waals surface area contributed by atoms with Gasteiger partial charge in [-0.25, -0.2) is 0 Å². The number of hydrogen-bond acceptors (Lipinski definition) is 2. The van der Waals surface area contributed by atoms with Gasteiger partial charge in [-0.05, 0) is 19.9 Å². The van der Waals surface area contributed by atoms with Gasteiger partial charge < -0.3 is 10.6 Å². The molecule has 0 fully saturated rings. The summed E-state index contributed by atoms with van der Waals surface area (Å²) in [4.78, 5) is 2.33. The Kier molecular flexibility index (Phi) is 5.51. The molecule has 0 aromatic heterocycles. The van der Waals surface area contributed by atoms with E-state index in [9.17, 15) is 0 Å². The SMILES string of the molecule is CCC(C)CN(C)C(C)CN. The van der Waals surface area contributed by atoms with Crippen molar-refractivity contribution in [2.24, 2.45) is 11.7 Å². The lowest BCUT2D eigenvalue weighted by atomic mass is 10.1. The molecule has 0 saturated heterocycles. The minimum atomic E-state index is 0.518. The van der Waals surface area contributed by atoms with Crippen molar-refractivity contribution in [2.45, 2.75) is 33.2 Å². The third-order valence-electron chi connectivity index (χ3n) is 2.39. The van der Waals surface area contributed by atoms with Crippen LogP contribution in [0.4, 0.5) is 0 Å². The summed E-state index contributed by atoms with van der Waals surface area (Å²) in [6.07, 6.45) is 1.25. The molecule has 2 atom stereocenters. The van der Waals surface area contributed by atoms with Gasteiger partial charge in [-0.15, -0.1) is 0 Å². The van der Waals surface area contributed by atoms with Crippen LogP contribution >= 0.6 is 0 Å². The van der Waals surface area contributed by atoms with Crippen molar-refractivity contribution in [1.29, 1.82) is 0 Å². The molecule has 2 unspecified atom stereocenters. The number of likely N-dealkylation sites (N-methyl/N-ethyl adjacent to an activating group) is 1. The van der Waals surface area contributed by atoms with Crippen molar-refractivity contribution in [3.8, 4) is 0 Å². The molecule has 0 aliphatic carbocycles. The third-order valence-corrected chi connectivity index (χ3v) is 2.39. The third kappa shape index (κ3) is 4.38. The fraction of sp³-hybridized carbons (Fsp3) is 1.00. The predicted octanol–water partition coefficient (Wildman–Crippen LogP) is 1.31. The molecule has 2 nitrogen and oxygen atoms in total. The van der Waals surface area contributed by atoms with Crippen molar-refractivity contribution in [3.63, 3.8) is 0 Å². The molecule has 0 amide bonds. The second kappa shape index (κ2) is 5.56. The van der Waals surface area contributed by atoms with Crippen LogP contribution in [0.5, 0.6) is 0 Å². The number of rotatable bonds is 5. The zero-order valence-corrected chi connectivity index (χ0v) is 8.30. The van der Waals surface area contributed by atoms with Gasteiger partial charge in [0.15, 0.2) is 0 Å². The largest absolute Gasteiger partial charge is 0.329 e. The monoisotopic (exact) mass is 158 g/mol. The lowest BCUT2D eigenvalue weighted by Crippen LogP contribution is -2.37. The summed E-state index contributed by atoms with van der Waals surface area (Å²) in [6, 6.07) is 0.518. The van der Waals surface area contributed by atoms with Crippen LogP contribution in [0.1, 0.15) is 27.2 Å². The molecule has 0 rings (SSSR count). The van der Waals surface area contributed by atoms with Crippen LogP contribution in [0.2, 0.25) is 0 Å². The first-order valence-electron chi connectivity index (χ1n) is 4.52. The standard InChI is InChI=1S/C9H22N2/c1-5-8(2)7-11(4)9(3)6-10/h8-9H,5-7,10H2,1-4H3. The van der Waals surface area contributed by atoms with E-state index in [4.69, 9.17) is 5.73 Å². The van der Waals surface area contributed by atoms with Gasteiger partial charge in [0, 0.05) is 19.1 Å². The van der Waals surface area contributed by atoms with Crippen LogP contribution in [0.3, 0.4) is 0 Å². The molecule has 0 aromatic carbocycles. The maximum atomic E-state index is 5.55. The van der Waals surface area contributed by atoms with E-state index < -0.39 is 0 Å². The van der Waals surface area contributed by atoms with Gasteiger partial charge in [0.1, 0.15) is 0 Å². The van der Waals surface area contributed by atoms with E-state index in [-0.39, 0.29) is 0 Å². The average molecular weight is 158 g/mol. The molecule has 0 radical (unpaired) electrons. The minimum Gasteiger partial charge on any atom is -0.329 e. The van der Waals surface area contributed by atoms with E-state index in [1.54, 1.807) is 0 Å². The first kappa shape index (κ1) is 10.9. The van der Waals surface area contributed by atoms with Crippen molar-refractivity contribution < 1.29 is 0 Å². The molecule has 2 heteroatoms. The summed E-state index contributed by atoms with van der Waals surface area (Å²) < 4.78 is 0. The molecular weight excluding hydrogens is 136 g/mol. The molecule has 68 valence electrons. The highest BCUT2D eigenvalue weighted by Gasteiger charge is 2.09. The Balaban J connectivity index is 3.58. The van der Waals surface area contributed by atoms with Gasteiger partial charge in [0.05, 0.1) is 0 Å². The van der Waals surface area contributed by atoms with Gasteiger partial charge in [-0.2, -0.15) is 0 Å². The number of nitrogens with zero attached hydrogens (tertiary/aromatic N) is 1. The van der Waals surface area contributed by atoms with Crippen LogP contribution in [-0.4, -0.2) is 31.1 Å². The van der Waals surface area contributed by atoms with E-state index >= 15 is 0 Å². The lowest BCUT2D eigenvalue weighted by Gasteiger charge is -2.25. The Hall–Kier alpha value is -0.0800. The summed E-state index contributed by atoms with van der Waals surface area (Å²) in [5.41, 5.74) is 5.55. The maximum absolute atomic E-state index is 5.55. The van der Waals surface area contributed by atoms with Gasteiger partial charge in [0.2, 0.25) is 0 Å². The Morgan fingerprint density at radius 2 is 1.91 bits per heavy atom. The first-order chi connectivity index (χ1) is 5.11. The van der Waals surface area contributed by atoms with E-state index in [0.29, 0.717) is 6.04 Å². The Labute approximate surface area is 70.8 Å². The number of nitrogens with two attached hydrogens (primary N) is 1. The molecule has 11 heavy (non-hydrogen) atoms. The van der Waals surface area contributed by atoms with Crippen LogP contribution < -0.4 is 5.73 Å². The molecular formula is C9H22N2. The number of hydrogen-bond donors (Lipinski definition) is 1. The van der Waals surface area contributed by atoms with Crippen LogP contribution in [0, 0.1) is 5.92 Å². The summed E-state index contributed by atoms with van der Waals surface area (Å²) in [5, 5.41) is 0. The quantitative estimate of drug-likeness (QED) is 0.653. The van der Waals surface area contributed by atoms with Crippen molar-refractivity contribution in [1.82, 2.24) is 4.90 Å². The normalized spacial score (nSPS) is 16.9. The molecule has 0 aliphatic heterocycles. The molecule has 0 saturated carbocycles. The fourth-order valence-electron chi connectivity index (χ4n) is 0.981. The Bertz CT molecular complexity index is 93.6. The summed E-state index contributed by atoms with van der Waals surface area (Å²) in [6.45, 7) is 8.59. The maximum Gasteiger partial charge on any atom is 0.0187 e. The predicted molar refractivity (Wildman–Crippen MR) is 50.6 cm³/mol. The van der Waals surface area contributed by atoms with E-state index in [0.717, 1.165) is 19.0 Å². The molecule has 0 aliphatic rings. The molecule has 0 heterocycles. The van der Waals surface area contributed by atoms with Gasteiger partial charge in [0.25, 0.3) is 0 Å². The smallest absolute Gasteiger partial charge is 0.0187 e. The van der Waals surface area contributed by atoms with Gasteiger partial charge in [-0.3, -0.25) is 0 Å². The average Bonchev–Trinajstić information content (AvgIpc) is 2.02. The summed E-state index contributed by atoms with van der Waals surface area (Å²) in [5.74, 6) is 0.786. The van der Waals surface area contributed by atoms with E-state index in [1.165, 1.54) is 6.42 Å². The van der Waals surface area contributed by atoms with Crippen molar-refractivity contribution >= 4 is 0 Å². The Morgan fingerprint density at radius 1 is 1.36 bits per heavy atom. The highest BCUT2D eigenvalue weighted by molar-refractivity contribution is 4.65. The summed E-state index contributed by atoms with van der Waals surface area (Å²) >= 11 is 0. The zero-order chi connectivity index (χ0) is 8.85. The van der Waals surface area contributed by atoms with Crippen LogP contribution in [-0.2, 0) is 0 Å². The minimum absolute atomic E-state index is 0.518. The van der Waals surface area contributed by atoms with E-state index in [1.807, 2.05) is 0 Å². The van der Waals surface area contributed by atoms with Gasteiger partial charge >= 0.3 is 0 Å². The highest BCUT2D eigenvalue weighted by atomic mass is 15.1. The Morgan fingerprint density at radius 3 is 2.27 bits per heavy atom. The first-order valence-corrected chi connectivity index (χ1v) is 4.52. The lowest BCUT2D eigenvalue weighted by molar-refractivity contribution is 0.226. The molecule has 0 aromatic rings.